The van der Waals surface area contributed by atoms with Crippen molar-refractivity contribution in [1.82, 2.24) is 5.32 Å². The Balaban J connectivity index is 3.14. The van der Waals surface area contributed by atoms with Gasteiger partial charge in [0, 0.05) is 0 Å². The molecule has 1 aromatic rings. The monoisotopic (exact) mass is 249 g/mol. The van der Waals surface area contributed by atoms with Crippen LogP contribution in [0.2, 0.25) is 0 Å². The SMILES string of the molecule is CNC(C)(C(=O)OC)c1ccc(C(C)(C)C)cc1. The summed E-state index contributed by atoms with van der Waals surface area (Å²) in [5.74, 6) is -0.284. The highest BCUT2D eigenvalue weighted by Gasteiger charge is 2.34. The summed E-state index contributed by atoms with van der Waals surface area (Å²) in [5, 5.41) is 3.03. The number of rotatable bonds is 3. The normalized spacial score (nSPS) is 15.0. The van der Waals surface area contributed by atoms with Crippen LogP contribution in [0.15, 0.2) is 24.3 Å². The van der Waals surface area contributed by atoms with Gasteiger partial charge < -0.3 is 10.1 Å². The Morgan fingerprint density at radius 3 is 1.83 bits per heavy atom. The van der Waals surface area contributed by atoms with E-state index in [4.69, 9.17) is 4.74 Å². The van der Waals surface area contributed by atoms with E-state index in [2.05, 4.69) is 38.2 Å². The minimum Gasteiger partial charge on any atom is -0.467 e. The Kier molecular flexibility index (Phi) is 4.17. The third kappa shape index (κ3) is 2.72. The van der Waals surface area contributed by atoms with Crippen molar-refractivity contribution in [2.75, 3.05) is 14.2 Å². The Hall–Kier alpha value is -1.35. The van der Waals surface area contributed by atoms with Gasteiger partial charge in [0.1, 0.15) is 5.54 Å². The minimum atomic E-state index is -0.800. The van der Waals surface area contributed by atoms with Gasteiger partial charge >= 0.3 is 5.97 Å². The van der Waals surface area contributed by atoms with Crippen molar-refractivity contribution in [2.24, 2.45) is 0 Å². The Labute approximate surface area is 110 Å². The largest absolute Gasteiger partial charge is 0.467 e. The Morgan fingerprint density at radius 2 is 1.50 bits per heavy atom. The molecule has 0 bridgehead atoms. The van der Waals surface area contributed by atoms with Crippen LogP contribution in [0.3, 0.4) is 0 Å². The highest BCUT2D eigenvalue weighted by Crippen LogP contribution is 2.27. The summed E-state index contributed by atoms with van der Waals surface area (Å²) in [7, 11) is 3.16. The summed E-state index contributed by atoms with van der Waals surface area (Å²) in [5.41, 5.74) is 1.46. The van der Waals surface area contributed by atoms with E-state index in [9.17, 15) is 4.79 Å². The van der Waals surface area contributed by atoms with E-state index in [0.29, 0.717) is 0 Å². The number of benzene rings is 1. The molecule has 0 saturated heterocycles. The van der Waals surface area contributed by atoms with E-state index in [1.807, 2.05) is 19.1 Å². The maximum atomic E-state index is 11.9. The van der Waals surface area contributed by atoms with Crippen LogP contribution in [0.1, 0.15) is 38.8 Å². The number of ether oxygens (including phenoxy) is 1. The lowest BCUT2D eigenvalue weighted by atomic mass is 9.84. The highest BCUT2D eigenvalue weighted by atomic mass is 16.5. The Bertz CT molecular complexity index is 417. The van der Waals surface area contributed by atoms with Crippen molar-refractivity contribution in [1.29, 1.82) is 0 Å². The lowest BCUT2D eigenvalue weighted by Crippen LogP contribution is -2.45. The number of methoxy groups -OCH3 is 1. The van der Waals surface area contributed by atoms with Gasteiger partial charge in [-0.3, -0.25) is 0 Å². The predicted octanol–water partition coefficient (Wildman–Crippen LogP) is 2.59. The van der Waals surface area contributed by atoms with Crippen LogP contribution in [0.5, 0.6) is 0 Å². The van der Waals surface area contributed by atoms with Crippen LogP contribution in [0.25, 0.3) is 0 Å². The summed E-state index contributed by atoms with van der Waals surface area (Å²) in [6, 6.07) is 8.09. The molecule has 0 aliphatic heterocycles. The predicted molar refractivity (Wildman–Crippen MR) is 73.6 cm³/mol. The Morgan fingerprint density at radius 1 is 1.06 bits per heavy atom. The van der Waals surface area contributed by atoms with Gasteiger partial charge in [0.2, 0.25) is 0 Å². The quantitative estimate of drug-likeness (QED) is 0.837. The van der Waals surface area contributed by atoms with Gasteiger partial charge in [0.05, 0.1) is 7.11 Å². The van der Waals surface area contributed by atoms with Gasteiger partial charge in [-0.15, -0.1) is 0 Å². The number of esters is 1. The maximum Gasteiger partial charge on any atom is 0.330 e. The minimum absolute atomic E-state index is 0.111. The number of likely N-dealkylation sites (N-methyl/N-ethyl adjacent to an activating group) is 1. The smallest absolute Gasteiger partial charge is 0.330 e. The molecule has 3 nitrogen and oxygen atoms in total. The zero-order chi connectivity index (χ0) is 14.0. The molecule has 0 spiro atoms. The summed E-state index contributed by atoms with van der Waals surface area (Å²) >= 11 is 0. The number of hydrogen-bond donors (Lipinski definition) is 1. The first-order chi connectivity index (χ1) is 8.25. The van der Waals surface area contributed by atoms with Crippen LogP contribution in [0.4, 0.5) is 0 Å². The fourth-order valence-corrected chi connectivity index (χ4v) is 1.87. The van der Waals surface area contributed by atoms with Crippen LogP contribution in [0, 0.1) is 0 Å². The van der Waals surface area contributed by atoms with Crippen LogP contribution < -0.4 is 5.32 Å². The molecule has 0 aliphatic rings. The molecule has 0 radical (unpaired) electrons. The van der Waals surface area contributed by atoms with Crippen LogP contribution in [-0.4, -0.2) is 20.1 Å². The first-order valence-corrected chi connectivity index (χ1v) is 6.14. The molecule has 1 aromatic carbocycles. The first kappa shape index (κ1) is 14.7. The molecule has 0 heterocycles. The summed E-state index contributed by atoms with van der Waals surface area (Å²) in [6.07, 6.45) is 0. The zero-order valence-electron chi connectivity index (χ0n) is 12.1. The van der Waals surface area contributed by atoms with Crippen molar-refractivity contribution in [3.05, 3.63) is 35.4 Å². The molecular weight excluding hydrogens is 226 g/mol. The summed E-state index contributed by atoms with van der Waals surface area (Å²) in [6.45, 7) is 8.32. The fraction of sp³-hybridized carbons (Fsp3) is 0.533. The molecule has 1 rings (SSSR count). The van der Waals surface area contributed by atoms with Gasteiger partial charge in [0.15, 0.2) is 0 Å². The van der Waals surface area contributed by atoms with E-state index in [-0.39, 0.29) is 11.4 Å². The van der Waals surface area contributed by atoms with E-state index in [0.717, 1.165) is 5.56 Å². The second kappa shape index (κ2) is 5.11. The van der Waals surface area contributed by atoms with Gasteiger partial charge in [0.25, 0.3) is 0 Å². The number of hydrogen-bond acceptors (Lipinski definition) is 3. The second-order valence-corrected chi connectivity index (χ2v) is 5.69. The van der Waals surface area contributed by atoms with Crippen LogP contribution >= 0.6 is 0 Å². The molecular formula is C15H23NO2. The molecule has 100 valence electrons. The topological polar surface area (TPSA) is 38.3 Å². The second-order valence-electron chi connectivity index (χ2n) is 5.69. The molecule has 1 unspecified atom stereocenters. The number of carbonyl (C=O) groups is 1. The summed E-state index contributed by atoms with van der Waals surface area (Å²) < 4.78 is 4.86. The van der Waals surface area contributed by atoms with Gasteiger partial charge in [-0.25, -0.2) is 4.79 Å². The third-order valence-corrected chi connectivity index (χ3v) is 3.42. The van der Waals surface area contributed by atoms with E-state index >= 15 is 0 Å². The molecule has 1 N–H and O–H groups in total. The molecule has 0 amide bonds. The van der Waals surface area contributed by atoms with Crippen molar-refractivity contribution in [2.45, 2.75) is 38.6 Å². The van der Waals surface area contributed by atoms with Gasteiger partial charge in [-0.2, -0.15) is 0 Å². The standard InChI is InChI=1S/C15H23NO2/c1-14(2,3)11-7-9-12(10-8-11)15(4,16-5)13(17)18-6/h7-10,16H,1-6H3. The summed E-state index contributed by atoms with van der Waals surface area (Å²) in [4.78, 5) is 11.9. The van der Waals surface area contributed by atoms with E-state index in [1.54, 1.807) is 7.05 Å². The molecule has 3 heteroatoms. The lowest BCUT2D eigenvalue weighted by molar-refractivity contribution is -0.148. The molecule has 18 heavy (non-hydrogen) atoms. The molecule has 0 fully saturated rings. The molecule has 0 aromatic heterocycles. The molecule has 0 saturated carbocycles. The van der Waals surface area contributed by atoms with Gasteiger partial charge in [-0.1, -0.05) is 45.0 Å². The third-order valence-electron chi connectivity index (χ3n) is 3.42. The highest BCUT2D eigenvalue weighted by molar-refractivity contribution is 5.82. The van der Waals surface area contributed by atoms with E-state index < -0.39 is 5.54 Å². The van der Waals surface area contributed by atoms with E-state index in [1.165, 1.54) is 12.7 Å². The first-order valence-electron chi connectivity index (χ1n) is 6.14. The number of carbonyl (C=O) groups excluding carboxylic acids is 1. The zero-order valence-corrected chi connectivity index (χ0v) is 12.1. The van der Waals surface area contributed by atoms with Gasteiger partial charge in [-0.05, 0) is 30.5 Å². The van der Waals surface area contributed by atoms with Crippen molar-refractivity contribution >= 4 is 5.97 Å². The molecule has 1 atom stereocenters. The average molecular weight is 249 g/mol. The van der Waals surface area contributed by atoms with Crippen molar-refractivity contribution in [3.8, 4) is 0 Å². The van der Waals surface area contributed by atoms with Crippen molar-refractivity contribution < 1.29 is 9.53 Å². The number of nitrogens with one attached hydrogen (secondary N) is 1. The maximum absolute atomic E-state index is 11.9. The lowest BCUT2D eigenvalue weighted by Gasteiger charge is -2.27. The van der Waals surface area contributed by atoms with Crippen LogP contribution in [-0.2, 0) is 20.5 Å². The molecule has 0 aliphatic carbocycles. The fourth-order valence-electron chi connectivity index (χ4n) is 1.87. The van der Waals surface area contributed by atoms with Crippen molar-refractivity contribution in [3.63, 3.8) is 0 Å². The average Bonchev–Trinajstić information content (AvgIpc) is 2.36.